The summed E-state index contributed by atoms with van der Waals surface area (Å²) < 4.78 is 5.65. The number of allylic oxidation sites excluding steroid dienone is 1. The number of carbonyl (C=O) groups excluding carboxylic acids is 1. The molecule has 1 aliphatic rings. The molecule has 1 heterocycles. The number of rotatable bonds is 3. The normalized spacial score (nSPS) is 24.9. The maximum atomic E-state index is 12.3. The third kappa shape index (κ3) is 4.31. The van der Waals surface area contributed by atoms with Crippen LogP contribution < -0.4 is 0 Å². The van der Waals surface area contributed by atoms with Gasteiger partial charge in [0.15, 0.2) is 0 Å². The third-order valence-electron chi connectivity index (χ3n) is 3.97. The Bertz CT molecular complexity index is 448. The zero-order valence-corrected chi connectivity index (χ0v) is 12.4. The molecule has 0 aliphatic carbocycles. The lowest BCUT2D eigenvalue weighted by molar-refractivity contribution is -0.128. The van der Waals surface area contributed by atoms with Gasteiger partial charge in [0.2, 0.25) is 0 Å². The molecule has 0 saturated carbocycles. The van der Waals surface area contributed by atoms with Crippen molar-refractivity contribution in [2.75, 3.05) is 13.2 Å². The van der Waals surface area contributed by atoms with Gasteiger partial charge in [-0.15, -0.1) is 0 Å². The van der Waals surface area contributed by atoms with E-state index in [4.69, 9.17) is 4.74 Å². The molecule has 1 aromatic carbocycles. The van der Waals surface area contributed by atoms with E-state index >= 15 is 0 Å². The average Bonchev–Trinajstić information content (AvgIpc) is 2.42. The highest BCUT2D eigenvalue weighted by Gasteiger charge is 2.26. The number of hydrogen-bond acceptors (Lipinski definition) is 2. The first-order valence-corrected chi connectivity index (χ1v) is 7.50. The molecular weight excluding hydrogens is 248 g/mol. The molecular formula is C18H24O2. The SMILES string of the molecule is CC(C)C1COCCC(/C=C/c2ccccc2)CC1=O. The third-order valence-corrected chi connectivity index (χ3v) is 3.97. The molecule has 0 aromatic heterocycles. The molecule has 1 saturated heterocycles. The summed E-state index contributed by atoms with van der Waals surface area (Å²) in [5.74, 6) is 1.06. The molecule has 1 fully saturated rings. The van der Waals surface area contributed by atoms with Gasteiger partial charge in [-0.2, -0.15) is 0 Å². The predicted molar refractivity (Wildman–Crippen MR) is 82.4 cm³/mol. The van der Waals surface area contributed by atoms with Gasteiger partial charge in [-0.05, 0) is 23.8 Å². The molecule has 2 heteroatoms. The van der Waals surface area contributed by atoms with E-state index in [1.807, 2.05) is 18.2 Å². The van der Waals surface area contributed by atoms with Gasteiger partial charge in [0, 0.05) is 18.9 Å². The predicted octanol–water partition coefficient (Wildman–Crippen LogP) is 3.97. The van der Waals surface area contributed by atoms with Crippen LogP contribution in [0, 0.1) is 17.8 Å². The summed E-state index contributed by atoms with van der Waals surface area (Å²) in [6, 6.07) is 10.2. The van der Waals surface area contributed by atoms with Crippen molar-refractivity contribution >= 4 is 11.9 Å². The number of hydrogen-bond donors (Lipinski definition) is 0. The van der Waals surface area contributed by atoms with E-state index in [-0.39, 0.29) is 5.92 Å². The van der Waals surface area contributed by atoms with Crippen molar-refractivity contribution in [3.05, 3.63) is 42.0 Å². The Morgan fingerprint density at radius 3 is 2.70 bits per heavy atom. The summed E-state index contributed by atoms with van der Waals surface area (Å²) in [5, 5.41) is 0. The maximum Gasteiger partial charge on any atom is 0.139 e. The Kier molecular flexibility index (Phi) is 5.54. The second kappa shape index (κ2) is 7.39. The quantitative estimate of drug-likeness (QED) is 0.832. The lowest BCUT2D eigenvalue weighted by Gasteiger charge is -2.25. The van der Waals surface area contributed by atoms with Gasteiger partial charge in [0.1, 0.15) is 5.78 Å². The topological polar surface area (TPSA) is 26.3 Å². The second-order valence-corrected chi connectivity index (χ2v) is 5.91. The van der Waals surface area contributed by atoms with E-state index < -0.39 is 0 Å². The van der Waals surface area contributed by atoms with Crippen LogP contribution in [0.15, 0.2) is 36.4 Å². The second-order valence-electron chi connectivity index (χ2n) is 5.91. The van der Waals surface area contributed by atoms with Crippen LogP contribution in [0.2, 0.25) is 0 Å². The van der Waals surface area contributed by atoms with Crippen molar-refractivity contribution in [3.63, 3.8) is 0 Å². The van der Waals surface area contributed by atoms with Crippen LogP contribution in [0.4, 0.5) is 0 Å². The van der Waals surface area contributed by atoms with Gasteiger partial charge in [0.05, 0.1) is 6.61 Å². The Morgan fingerprint density at radius 2 is 2.00 bits per heavy atom. The van der Waals surface area contributed by atoms with Crippen LogP contribution in [0.1, 0.15) is 32.3 Å². The van der Waals surface area contributed by atoms with Crippen LogP contribution in [-0.4, -0.2) is 19.0 Å². The Hall–Kier alpha value is -1.41. The van der Waals surface area contributed by atoms with E-state index in [9.17, 15) is 4.79 Å². The summed E-state index contributed by atoms with van der Waals surface area (Å²) in [5.41, 5.74) is 1.18. The van der Waals surface area contributed by atoms with Crippen LogP contribution >= 0.6 is 0 Å². The highest BCUT2D eigenvalue weighted by atomic mass is 16.5. The minimum atomic E-state index is 0.0583. The molecule has 108 valence electrons. The Labute approximate surface area is 121 Å². The molecule has 0 bridgehead atoms. The molecule has 2 nitrogen and oxygen atoms in total. The molecule has 0 N–H and O–H groups in total. The van der Waals surface area contributed by atoms with Gasteiger partial charge in [-0.25, -0.2) is 0 Å². The van der Waals surface area contributed by atoms with Crippen molar-refractivity contribution < 1.29 is 9.53 Å². The molecule has 2 unspecified atom stereocenters. The molecule has 20 heavy (non-hydrogen) atoms. The lowest BCUT2D eigenvalue weighted by Crippen LogP contribution is -2.29. The average molecular weight is 272 g/mol. The van der Waals surface area contributed by atoms with Crippen LogP contribution in [0.3, 0.4) is 0 Å². The number of Topliss-reactive ketones (excluding diaryl/α,β-unsaturated/α-hetero) is 1. The summed E-state index contributed by atoms with van der Waals surface area (Å²) in [4.78, 5) is 12.3. The van der Waals surface area contributed by atoms with Gasteiger partial charge >= 0.3 is 0 Å². The highest BCUT2D eigenvalue weighted by Crippen LogP contribution is 2.23. The van der Waals surface area contributed by atoms with Crippen molar-refractivity contribution in [3.8, 4) is 0 Å². The fraction of sp³-hybridized carbons (Fsp3) is 0.500. The van der Waals surface area contributed by atoms with E-state index in [2.05, 4.69) is 38.1 Å². The molecule has 2 rings (SSSR count). The standard InChI is InChI=1S/C18H24O2/c1-14(2)17-13-20-11-10-16(12-18(17)19)9-8-15-6-4-3-5-7-15/h3-9,14,16-17H,10-13H2,1-2H3/b9-8+. The smallest absolute Gasteiger partial charge is 0.139 e. The largest absolute Gasteiger partial charge is 0.381 e. The number of benzene rings is 1. The van der Waals surface area contributed by atoms with Gasteiger partial charge < -0.3 is 4.74 Å². The van der Waals surface area contributed by atoms with Gasteiger partial charge in [0.25, 0.3) is 0 Å². The van der Waals surface area contributed by atoms with Crippen molar-refractivity contribution in [1.29, 1.82) is 0 Å². The summed E-state index contributed by atoms with van der Waals surface area (Å²) in [7, 11) is 0. The first-order valence-electron chi connectivity index (χ1n) is 7.50. The van der Waals surface area contributed by atoms with Crippen LogP contribution in [0.25, 0.3) is 6.08 Å². The van der Waals surface area contributed by atoms with E-state index in [1.165, 1.54) is 5.56 Å². The number of ether oxygens (including phenoxy) is 1. The molecule has 1 aliphatic heterocycles. The summed E-state index contributed by atoms with van der Waals surface area (Å²) >= 11 is 0. The van der Waals surface area contributed by atoms with Crippen molar-refractivity contribution in [2.45, 2.75) is 26.7 Å². The van der Waals surface area contributed by atoms with Crippen LogP contribution in [-0.2, 0) is 9.53 Å². The molecule has 2 atom stereocenters. The lowest BCUT2D eigenvalue weighted by atomic mass is 9.85. The van der Waals surface area contributed by atoms with Gasteiger partial charge in [-0.1, -0.05) is 56.3 Å². The molecule has 1 aromatic rings. The van der Waals surface area contributed by atoms with E-state index in [0.717, 1.165) is 13.0 Å². The maximum absolute atomic E-state index is 12.3. The highest BCUT2D eigenvalue weighted by molar-refractivity contribution is 5.82. The van der Waals surface area contributed by atoms with E-state index in [0.29, 0.717) is 30.6 Å². The zero-order chi connectivity index (χ0) is 14.4. The fourth-order valence-corrected chi connectivity index (χ4v) is 2.59. The monoisotopic (exact) mass is 272 g/mol. The number of carbonyl (C=O) groups is 1. The number of ketones is 1. The molecule has 0 amide bonds. The van der Waals surface area contributed by atoms with Crippen molar-refractivity contribution in [2.24, 2.45) is 17.8 Å². The summed E-state index contributed by atoms with van der Waals surface area (Å²) in [6.07, 6.45) is 5.86. The van der Waals surface area contributed by atoms with E-state index in [1.54, 1.807) is 0 Å². The van der Waals surface area contributed by atoms with Crippen LogP contribution in [0.5, 0.6) is 0 Å². The molecule has 0 radical (unpaired) electrons. The minimum absolute atomic E-state index is 0.0583. The van der Waals surface area contributed by atoms with Gasteiger partial charge in [-0.3, -0.25) is 4.79 Å². The molecule has 0 spiro atoms. The fourth-order valence-electron chi connectivity index (χ4n) is 2.59. The Morgan fingerprint density at radius 1 is 1.25 bits per heavy atom. The van der Waals surface area contributed by atoms with Crippen molar-refractivity contribution in [1.82, 2.24) is 0 Å². The summed E-state index contributed by atoms with van der Waals surface area (Å²) in [6.45, 7) is 5.54. The minimum Gasteiger partial charge on any atom is -0.381 e. The Balaban J connectivity index is 2.01. The zero-order valence-electron chi connectivity index (χ0n) is 12.4. The first-order chi connectivity index (χ1) is 9.66. The first kappa shape index (κ1) is 15.0.